The summed E-state index contributed by atoms with van der Waals surface area (Å²) in [6.07, 6.45) is 1.79. The van der Waals surface area contributed by atoms with Gasteiger partial charge in [-0.1, -0.05) is 48.0 Å². The Morgan fingerprint density at radius 1 is 1.04 bits per heavy atom. The van der Waals surface area contributed by atoms with Crippen LogP contribution in [-0.4, -0.2) is 21.0 Å². The molecule has 0 saturated heterocycles. The Bertz CT molecular complexity index is 850. The lowest BCUT2D eigenvalue weighted by Gasteiger charge is -2.21. The number of hydrogen-bond acceptors (Lipinski definition) is 3. The first-order valence-electron chi connectivity index (χ1n) is 8.25. The molecule has 0 amide bonds. The first kappa shape index (κ1) is 17.5. The molecule has 2 aromatic carbocycles. The molecule has 1 aliphatic carbocycles. The van der Waals surface area contributed by atoms with Crippen LogP contribution < -0.4 is 0 Å². The maximum atomic E-state index is 13.1. The smallest absolute Gasteiger partial charge is 0.172 e. The Labute approximate surface area is 150 Å². The fraction of sp³-hybridized carbons (Fsp3) is 0.238. The molecule has 3 unspecified atom stereocenters. The van der Waals surface area contributed by atoms with E-state index in [2.05, 4.69) is 0 Å². The van der Waals surface area contributed by atoms with Crippen LogP contribution >= 0.6 is 0 Å². The van der Waals surface area contributed by atoms with Gasteiger partial charge in [-0.05, 0) is 43.2 Å². The average Bonchev–Trinajstić information content (AvgIpc) is 2.91. The summed E-state index contributed by atoms with van der Waals surface area (Å²) >= 11 is 0. The zero-order chi connectivity index (χ0) is 18.0. The minimum Gasteiger partial charge on any atom is -0.300 e. The summed E-state index contributed by atoms with van der Waals surface area (Å²) in [5, 5.41) is -0.707. The normalized spacial score (nSPS) is 21.0. The lowest BCUT2D eigenvalue weighted by Crippen LogP contribution is -2.30. The van der Waals surface area contributed by atoms with Gasteiger partial charge in [-0.3, -0.25) is 9.00 Å². The van der Waals surface area contributed by atoms with E-state index in [-0.39, 0.29) is 23.9 Å². The fourth-order valence-electron chi connectivity index (χ4n) is 3.23. The maximum absolute atomic E-state index is 13.1. The highest BCUT2D eigenvalue weighted by Crippen LogP contribution is 2.38. The third-order valence-corrected chi connectivity index (χ3v) is 6.20. The second-order valence-corrected chi connectivity index (χ2v) is 7.99. The van der Waals surface area contributed by atoms with Crippen molar-refractivity contribution in [2.45, 2.75) is 30.4 Å². The van der Waals surface area contributed by atoms with Crippen molar-refractivity contribution in [1.82, 2.24) is 0 Å². The van der Waals surface area contributed by atoms with E-state index in [0.29, 0.717) is 4.90 Å². The highest BCUT2D eigenvalue weighted by molar-refractivity contribution is 7.86. The van der Waals surface area contributed by atoms with Crippen molar-refractivity contribution < 1.29 is 13.8 Å². The highest BCUT2D eigenvalue weighted by atomic mass is 32.2. The molecule has 128 valence electrons. The Kier molecular flexibility index (Phi) is 5.09. The average molecular weight is 352 g/mol. The number of allylic oxidation sites excluding steroid dienone is 2. The Hall–Kier alpha value is -2.33. The van der Waals surface area contributed by atoms with Crippen LogP contribution in [0.1, 0.15) is 24.5 Å². The number of Topliss-reactive ketones (excluding diaryl/α,β-unsaturated/α-hetero) is 1. The molecular weight excluding hydrogens is 332 g/mol. The minimum absolute atomic E-state index is 0.00700. The van der Waals surface area contributed by atoms with Crippen molar-refractivity contribution >= 4 is 27.9 Å². The zero-order valence-corrected chi connectivity index (χ0v) is 15.1. The van der Waals surface area contributed by atoms with Crippen LogP contribution in [0.15, 0.2) is 65.6 Å². The minimum atomic E-state index is -1.49. The Morgan fingerprint density at radius 2 is 1.68 bits per heavy atom. The maximum Gasteiger partial charge on any atom is 0.172 e. The molecule has 25 heavy (non-hydrogen) atoms. The van der Waals surface area contributed by atoms with Gasteiger partial charge in [0.25, 0.3) is 0 Å². The summed E-state index contributed by atoms with van der Waals surface area (Å²) in [5.41, 5.74) is 2.79. The molecule has 3 rings (SSSR count). The molecular formula is C21H20O3S. The third kappa shape index (κ3) is 3.69. The van der Waals surface area contributed by atoms with Gasteiger partial charge >= 0.3 is 0 Å². The molecule has 0 aliphatic heterocycles. The predicted molar refractivity (Wildman–Crippen MR) is 99.6 cm³/mol. The van der Waals surface area contributed by atoms with E-state index < -0.39 is 16.0 Å². The lowest BCUT2D eigenvalue weighted by molar-refractivity contribution is -0.117. The lowest BCUT2D eigenvalue weighted by atomic mass is 9.90. The van der Waals surface area contributed by atoms with Crippen LogP contribution in [-0.2, 0) is 20.4 Å². The van der Waals surface area contributed by atoms with E-state index in [1.165, 1.54) is 6.92 Å². The summed E-state index contributed by atoms with van der Waals surface area (Å²) in [6.45, 7) is 3.47. The molecule has 2 aromatic rings. The largest absolute Gasteiger partial charge is 0.300 e. The van der Waals surface area contributed by atoms with Crippen LogP contribution in [0.2, 0.25) is 0 Å². The van der Waals surface area contributed by atoms with Crippen LogP contribution in [0.4, 0.5) is 0 Å². The molecule has 3 atom stereocenters. The number of carbonyl (C=O) groups excluding carboxylic acids is 2. The first-order valence-corrected chi connectivity index (χ1v) is 9.46. The highest BCUT2D eigenvalue weighted by Gasteiger charge is 2.41. The third-order valence-electron chi connectivity index (χ3n) is 4.44. The van der Waals surface area contributed by atoms with Gasteiger partial charge in [0.1, 0.15) is 11.0 Å². The van der Waals surface area contributed by atoms with Crippen LogP contribution in [0.3, 0.4) is 0 Å². The van der Waals surface area contributed by atoms with Crippen LogP contribution in [0.25, 0.3) is 5.57 Å². The van der Waals surface area contributed by atoms with Gasteiger partial charge in [0.15, 0.2) is 5.78 Å². The summed E-state index contributed by atoms with van der Waals surface area (Å²) in [7, 11) is -1.49. The quantitative estimate of drug-likeness (QED) is 0.824. The number of rotatable bonds is 5. The van der Waals surface area contributed by atoms with Gasteiger partial charge in [0, 0.05) is 17.2 Å². The van der Waals surface area contributed by atoms with E-state index in [4.69, 9.17) is 0 Å². The van der Waals surface area contributed by atoms with Crippen molar-refractivity contribution in [2.24, 2.45) is 5.92 Å². The number of benzene rings is 2. The number of ketones is 2. The molecule has 0 aromatic heterocycles. The van der Waals surface area contributed by atoms with Crippen molar-refractivity contribution in [2.75, 3.05) is 0 Å². The standard InChI is InChI=1S/C21H20O3S/c1-14-8-10-17(11-9-14)25(24)21-19(12-15(2)22)18(13-20(21)23)16-6-4-3-5-7-16/h3-11,13,19,21H,12H2,1-2H3. The SMILES string of the molecule is CC(=O)CC1C(c2ccccc2)=CC(=O)C1S(=O)c1ccc(C)cc1. The monoisotopic (exact) mass is 352 g/mol. The second kappa shape index (κ2) is 7.28. The molecule has 0 spiro atoms. The molecule has 3 nitrogen and oxygen atoms in total. The van der Waals surface area contributed by atoms with Gasteiger partial charge in [0.2, 0.25) is 0 Å². The Balaban J connectivity index is 1.98. The van der Waals surface area contributed by atoms with Crippen molar-refractivity contribution in [3.8, 4) is 0 Å². The van der Waals surface area contributed by atoms with Crippen molar-refractivity contribution in [1.29, 1.82) is 0 Å². The van der Waals surface area contributed by atoms with Crippen molar-refractivity contribution in [3.05, 3.63) is 71.8 Å². The molecule has 0 fully saturated rings. The summed E-state index contributed by atoms with van der Waals surface area (Å²) in [6, 6.07) is 16.9. The Morgan fingerprint density at radius 3 is 2.28 bits per heavy atom. The number of carbonyl (C=O) groups is 2. The predicted octanol–water partition coefficient (Wildman–Crippen LogP) is 3.73. The van der Waals surface area contributed by atoms with Gasteiger partial charge < -0.3 is 4.79 Å². The molecule has 4 heteroatoms. The molecule has 1 aliphatic rings. The van der Waals surface area contributed by atoms with E-state index in [1.54, 1.807) is 18.2 Å². The summed E-state index contributed by atoms with van der Waals surface area (Å²) in [4.78, 5) is 25.1. The fourth-order valence-corrected chi connectivity index (χ4v) is 4.75. The molecule has 0 radical (unpaired) electrons. The van der Waals surface area contributed by atoms with Gasteiger partial charge in [-0.15, -0.1) is 0 Å². The second-order valence-electron chi connectivity index (χ2n) is 6.41. The van der Waals surface area contributed by atoms with E-state index >= 15 is 0 Å². The van der Waals surface area contributed by atoms with Gasteiger partial charge in [0.05, 0.1) is 10.8 Å². The molecule has 0 N–H and O–H groups in total. The number of aryl methyl sites for hydroxylation is 1. The summed E-state index contributed by atoms with van der Waals surface area (Å²) < 4.78 is 13.1. The topological polar surface area (TPSA) is 51.2 Å². The molecule has 0 saturated carbocycles. The first-order chi connectivity index (χ1) is 12.0. The van der Waals surface area contributed by atoms with Gasteiger partial charge in [-0.2, -0.15) is 0 Å². The van der Waals surface area contributed by atoms with Crippen LogP contribution in [0, 0.1) is 12.8 Å². The molecule has 0 heterocycles. The summed E-state index contributed by atoms with van der Waals surface area (Å²) in [5.74, 6) is -0.522. The zero-order valence-electron chi connectivity index (χ0n) is 14.3. The molecule has 0 bridgehead atoms. The van der Waals surface area contributed by atoms with E-state index in [9.17, 15) is 13.8 Å². The van der Waals surface area contributed by atoms with Crippen molar-refractivity contribution in [3.63, 3.8) is 0 Å². The number of hydrogen-bond donors (Lipinski definition) is 0. The van der Waals surface area contributed by atoms with Crippen LogP contribution in [0.5, 0.6) is 0 Å². The van der Waals surface area contributed by atoms with E-state index in [1.807, 2.05) is 49.4 Å². The van der Waals surface area contributed by atoms with Gasteiger partial charge in [-0.25, -0.2) is 0 Å². The van der Waals surface area contributed by atoms with E-state index in [0.717, 1.165) is 16.7 Å².